The van der Waals surface area contributed by atoms with Crippen molar-refractivity contribution in [3.8, 4) is 22.7 Å². The molecule has 5 rings (SSSR count). The molecule has 5 N–H and O–H groups in total. The summed E-state index contributed by atoms with van der Waals surface area (Å²) in [5.41, 5.74) is 6.45. The van der Waals surface area contributed by atoms with Crippen LogP contribution in [0.4, 0.5) is 16.3 Å². The quantitative estimate of drug-likeness (QED) is 0.186. The van der Waals surface area contributed by atoms with Gasteiger partial charge in [0.05, 0.1) is 35.3 Å². The molecule has 246 valence electrons. The second-order valence-electron chi connectivity index (χ2n) is 12.2. The van der Waals surface area contributed by atoms with Gasteiger partial charge < -0.3 is 30.2 Å². The monoisotopic (exact) mass is 644 g/mol. The van der Waals surface area contributed by atoms with Crippen molar-refractivity contribution in [1.29, 1.82) is 0 Å². The Labute approximate surface area is 270 Å². The smallest absolute Gasteiger partial charge is 0.416 e. The Kier molecular flexibility index (Phi) is 9.37. The van der Waals surface area contributed by atoms with Crippen LogP contribution < -0.4 is 16.0 Å². The van der Waals surface area contributed by atoms with Crippen LogP contribution >= 0.6 is 0 Å². The number of nitrogens with two attached hydrogens (primary N) is 1. The number of hydrogen-bond acceptors (Lipinski definition) is 10. The van der Waals surface area contributed by atoms with E-state index >= 15 is 0 Å². The summed E-state index contributed by atoms with van der Waals surface area (Å²) in [5.74, 6) is -1.03. The number of likely N-dealkylation sites (N-methyl/N-ethyl adjacent to an activating group) is 1. The van der Waals surface area contributed by atoms with Gasteiger partial charge in [0.15, 0.2) is 5.69 Å². The molecule has 0 saturated heterocycles. The number of aliphatic hydroxyl groups excluding tert-OH is 1. The molecule has 1 aliphatic rings. The van der Waals surface area contributed by atoms with Gasteiger partial charge in [-0.2, -0.15) is 5.10 Å². The molecule has 4 amide bonds. The van der Waals surface area contributed by atoms with Crippen LogP contribution in [0, 0.1) is 5.92 Å². The Morgan fingerprint density at radius 3 is 2.57 bits per heavy atom. The number of primary amides is 1. The molecule has 3 heterocycles. The molecule has 47 heavy (non-hydrogen) atoms. The molecule has 15 nitrogen and oxygen atoms in total. The van der Waals surface area contributed by atoms with Crippen molar-refractivity contribution in [2.75, 3.05) is 37.0 Å². The number of nitrogens with zero attached hydrogens (tertiary/aromatic N) is 5. The molecule has 1 saturated carbocycles. The zero-order chi connectivity index (χ0) is 33.9. The first-order chi connectivity index (χ1) is 22.3. The van der Waals surface area contributed by atoms with Gasteiger partial charge in [-0.25, -0.2) is 14.8 Å². The first-order valence-corrected chi connectivity index (χ1v) is 14.9. The van der Waals surface area contributed by atoms with E-state index in [9.17, 15) is 24.3 Å². The summed E-state index contributed by atoms with van der Waals surface area (Å²) in [6, 6.07) is 7.75. The second-order valence-corrected chi connectivity index (χ2v) is 12.2. The highest BCUT2D eigenvalue weighted by molar-refractivity contribution is 6.08. The fourth-order valence-corrected chi connectivity index (χ4v) is 4.68. The fraction of sp³-hybridized carbons (Fsp3) is 0.344. The molecule has 0 unspecified atom stereocenters. The summed E-state index contributed by atoms with van der Waals surface area (Å²) in [7, 11) is 1.50. The maximum atomic E-state index is 13.2. The number of carbonyl (C=O) groups is 4. The van der Waals surface area contributed by atoms with Gasteiger partial charge in [-0.15, -0.1) is 0 Å². The van der Waals surface area contributed by atoms with Crippen LogP contribution in [0.25, 0.3) is 22.7 Å². The molecule has 0 spiro atoms. The highest BCUT2D eigenvalue weighted by atomic mass is 16.6. The lowest BCUT2D eigenvalue weighted by molar-refractivity contribution is 0.0576. The summed E-state index contributed by atoms with van der Waals surface area (Å²) in [6.07, 6.45) is 5.66. The zero-order valence-corrected chi connectivity index (χ0v) is 26.4. The van der Waals surface area contributed by atoms with Crippen LogP contribution in [0.5, 0.6) is 0 Å². The number of ether oxygens (including phenoxy) is 1. The lowest BCUT2D eigenvalue weighted by atomic mass is 10.00. The van der Waals surface area contributed by atoms with E-state index in [0.29, 0.717) is 35.1 Å². The molecule has 0 atom stereocenters. The minimum absolute atomic E-state index is 0.0295. The van der Waals surface area contributed by atoms with E-state index in [0.717, 1.165) is 12.8 Å². The number of aromatic amines is 1. The summed E-state index contributed by atoms with van der Waals surface area (Å²) < 4.78 is 11.2. The van der Waals surface area contributed by atoms with Gasteiger partial charge >= 0.3 is 6.09 Å². The molecule has 1 aromatic carbocycles. The number of aliphatic hydroxyl groups is 1. The molecule has 4 aromatic rings. The number of amides is 4. The SMILES string of the molecule is CN(CCO)C(=O)c1ccc(-c2[nH]ncc2NC(=O)c2coc(-c3ccnc(N(CC4CC4)C(=O)OC(C)(C)C)c3)n2)cc1C(N)=O. The van der Waals surface area contributed by atoms with Gasteiger partial charge in [0.2, 0.25) is 11.8 Å². The van der Waals surface area contributed by atoms with Crippen LogP contribution in [0.15, 0.2) is 53.4 Å². The molecular weight excluding hydrogens is 608 g/mol. The second kappa shape index (κ2) is 13.4. The van der Waals surface area contributed by atoms with Gasteiger partial charge in [0.25, 0.3) is 11.8 Å². The number of carbonyl (C=O) groups excluding carboxylic acids is 4. The van der Waals surface area contributed by atoms with Crippen LogP contribution in [0.2, 0.25) is 0 Å². The van der Waals surface area contributed by atoms with Crippen molar-refractivity contribution in [3.63, 3.8) is 0 Å². The Hall–Kier alpha value is -5.57. The number of H-pyrrole nitrogens is 1. The molecule has 0 radical (unpaired) electrons. The van der Waals surface area contributed by atoms with Crippen LogP contribution in [0.1, 0.15) is 64.8 Å². The number of pyridine rings is 1. The standard InChI is InChI=1S/C32H36N8O7/c1-32(2,3)47-31(45)40(16-18-5-6-18)25-14-20(9-10-34-25)29-37-24(17-46-29)28(43)36-23-15-35-38-26(23)19-7-8-21(22(13-19)27(33)42)30(44)39(4)11-12-41/h7-10,13-15,17-18,41H,5-6,11-12,16H2,1-4H3,(H2,33,42)(H,35,38)(H,36,43). The molecule has 0 bridgehead atoms. The summed E-state index contributed by atoms with van der Waals surface area (Å²) >= 11 is 0. The van der Waals surface area contributed by atoms with Crippen molar-refractivity contribution < 1.29 is 33.4 Å². The molecule has 15 heteroatoms. The minimum atomic E-state index is -0.825. The fourth-order valence-electron chi connectivity index (χ4n) is 4.68. The normalized spacial score (nSPS) is 12.8. The topological polar surface area (TPSA) is 210 Å². The van der Waals surface area contributed by atoms with Crippen molar-refractivity contribution in [2.45, 2.75) is 39.2 Å². The largest absolute Gasteiger partial charge is 0.444 e. The number of rotatable bonds is 11. The van der Waals surface area contributed by atoms with E-state index in [1.54, 1.807) is 39.0 Å². The zero-order valence-electron chi connectivity index (χ0n) is 26.4. The number of nitrogens with one attached hydrogen (secondary N) is 2. The van der Waals surface area contributed by atoms with Gasteiger partial charge in [-0.1, -0.05) is 6.07 Å². The molecule has 1 aliphatic carbocycles. The van der Waals surface area contributed by atoms with E-state index in [1.807, 2.05) is 0 Å². The van der Waals surface area contributed by atoms with Gasteiger partial charge in [0.1, 0.15) is 17.7 Å². The Balaban J connectivity index is 1.34. The Morgan fingerprint density at radius 1 is 1.13 bits per heavy atom. The van der Waals surface area contributed by atoms with E-state index in [4.69, 9.17) is 14.9 Å². The predicted octanol–water partition coefficient (Wildman–Crippen LogP) is 3.69. The molecule has 0 aliphatic heterocycles. The van der Waals surface area contributed by atoms with E-state index in [2.05, 4.69) is 25.5 Å². The third kappa shape index (κ3) is 7.81. The maximum Gasteiger partial charge on any atom is 0.416 e. The van der Waals surface area contributed by atoms with E-state index in [-0.39, 0.29) is 41.6 Å². The highest BCUT2D eigenvalue weighted by Crippen LogP contribution is 2.33. The van der Waals surface area contributed by atoms with Gasteiger partial charge in [0, 0.05) is 37.5 Å². The van der Waals surface area contributed by atoms with Crippen LogP contribution in [0.3, 0.4) is 0 Å². The maximum absolute atomic E-state index is 13.2. The van der Waals surface area contributed by atoms with Crippen molar-refractivity contribution in [2.24, 2.45) is 11.7 Å². The van der Waals surface area contributed by atoms with Crippen LogP contribution in [-0.4, -0.2) is 86.3 Å². The van der Waals surface area contributed by atoms with Gasteiger partial charge in [-0.05, 0) is 63.8 Å². The predicted molar refractivity (Wildman–Crippen MR) is 171 cm³/mol. The highest BCUT2D eigenvalue weighted by Gasteiger charge is 2.31. The lowest BCUT2D eigenvalue weighted by Crippen LogP contribution is -2.38. The molecule has 1 fully saturated rings. The first-order valence-electron chi connectivity index (χ1n) is 14.9. The number of benzene rings is 1. The average Bonchev–Trinajstić information content (AvgIpc) is 3.49. The molecule has 3 aromatic heterocycles. The minimum Gasteiger partial charge on any atom is -0.444 e. The number of hydrogen-bond donors (Lipinski definition) is 4. The Morgan fingerprint density at radius 2 is 1.89 bits per heavy atom. The summed E-state index contributed by atoms with van der Waals surface area (Å²) in [5, 5.41) is 18.7. The number of oxazole rings is 1. The lowest BCUT2D eigenvalue weighted by Gasteiger charge is -2.27. The van der Waals surface area contributed by atoms with Crippen LogP contribution in [-0.2, 0) is 4.74 Å². The average molecular weight is 645 g/mol. The third-order valence-electron chi connectivity index (χ3n) is 7.23. The van der Waals surface area contributed by atoms with Gasteiger partial charge in [-0.3, -0.25) is 24.4 Å². The van der Waals surface area contributed by atoms with E-state index < -0.39 is 29.4 Å². The summed E-state index contributed by atoms with van der Waals surface area (Å²) in [4.78, 5) is 62.8. The summed E-state index contributed by atoms with van der Waals surface area (Å²) in [6.45, 7) is 5.70. The molecular formula is C32H36N8O7. The van der Waals surface area contributed by atoms with Crippen molar-refractivity contribution in [3.05, 3.63) is 65.8 Å². The number of anilines is 2. The Bertz CT molecular complexity index is 1800. The number of aromatic nitrogens is 4. The van der Waals surface area contributed by atoms with Crippen molar-refractivity contribution in [1.82, 2.24) is 25.1 Å². The van der Waals surface area contributed by atoms with Crippen molar-refractivity contribution >= 4 is 35.3 Å². The third-order valence-corrected chi connectivity index (χ3v) is 7.23. The van der Waals surface area contributed by atoms with E-state index in [1.165, 1.54) is 47.6 Å². The first kappa shape index (κ1) is 32.8.